The second kappa shape index (κ2) is 14.3. The molecule has 0 spiro atoms. The second-order valence-corrected chi connectivity index (χ2v) is 9.80. The third-order valence-corrected chi connectivity index (χ3v) is 7.12. The molecule has 7 nitrogen and oxygen atoms in total. The van der Waals surface area contributed by atoms with Crippen molar-refractivity contribution in [3.63, 3.8) is 0 Å². The molecule has 0 aromatic carbocycles. The number of hydrogen-bond acceptors (Lipinski definition) is 6. The Morgan fingerprint density at radius 2 is 1.94 bits per heavy atom. The van der Waals surface area contributed by atoms with Gasteiger partial charge < -0.3 is 15.4 Å². The van der Waals surface area contributed by atoms with Crippen LogP contribution in [-0.4, -0.2) is 60.6 Å². The van der Waals surface area contributed by atoms with E-state index in [1.54, 1.807) is 11.3 Å². The molecule has 1 aliphatic heterocycles. The fourth-order valence-electron chi connectivity index (χ4n) is 4.50. The highest BCUT2D eigenvalue weighted by molar-refractivity contribution is 14.0. The molecule has 1 saturated carbocycles. The van der Waals surface area contributed by atoms with E-state index < -0.39 is 0 Å². The predicted octanol–water partition coefficient (Wildman–Crippen LogP) is 3.96. The topological polar surface area (TPSA) is 78.9 Å². The number of halogens is 1. The number of carbonyl (C=O) groups excluding carboxylic acids is 1. The van der Waals surface area contributed by atoms with Crippen LogP contribution in [-0.2, 0) is 16.1 Å². The van der Waals surface area contributed by atoms with Gasteiger partial charge in [-0.05, 0) is 78.3 Å². The summed E-state index contributed by atoms with van der Waals surface area (Å²) in [5.41, 5.74) is 1.20. The molecule has 3 rings (SSSR count). The molecular formula is C23H40IN5O2S. The van der Waals surface area contributed by atoms with Gasteiger partial charge in [0.25, 0.3) is 0 Å². The number of ether oxygens (including phenoxy) is 1. The standard InChI is InChI=1S/C23H39N5O2S.HI/c1-4-24-23(27-20-8-6-19(7-9-20)22(29)30-5-2)25-14-18-10-12-28(13-11-18)15-21-16-31-17(3)26-21;/h16,18-20H,4-15H2,1-3H3,(H2,24,25,27);1H. The van der Waals surface area contributed by atoms with Crippen LogP contribution in [0.25, 0.3) is 0 Å². The van der Waals surface area contributed by atoms with Crippen LogP contribution >= 0.6 is 35.3 Å². The first kappa shape index (κ1) is 27.3. The zero-order valence-corrected chi connectivity index (χ0v) is 22.9. The van der Waals surface area contributed by atoms with Crippen LogP contribution in [0.5, 0.6) is 0 Å². The highest BCUT2D eigenvalue weighted by atomic mass is 127. The maximum absolute atomic E-state index is 11.9. The summed E-state index contributed by atoms with van der Waals surface area (Å²) in [6.07, 6.45) is 6.15. The Morgan fingerprint density at radius 3 is 2.53 bits per heavy atom. The summed E-state index contributed by atoms with van der Waals surface area (Å²) in [5, 5.41) is 10.3. The first-order chi connectivity index (χ1) is 15.1. The Kier molecular flexibility index (Phi) is 12.2. The van der Waals surface area contributed by atoms with Gasteiger partial charge in [0.15, 0.2) is 5.96 Å². The van der Waals surface area contributed by atoms with Gasteiger partial charge in [-0.1, -0.05) is 0 Å². The Bertz CT molecular complexity index is 713. The number of aryl methyl sites for hydroxylation is 1. The third kappa shape index (κ3) is 8.78. The van der Waals surface area contributed by atoms with Crippen LogP contribution in [0.2, 0.25) is 0 Å². The molecule has 2 N–H and O–H groups in total. The Labute approximate surface area is 214 Å². The van der Waals surface area contributed by atoms with Crippen LogP contribution in [0.3, 0.4) is 0 Å². The van der Waals surface area contributed by atoms with Gasteiger partial charge in [-0.15, -0.1) is 35.3 Å². The molecule has 0 radical (unpaired) electrons. The molecule has 0 atom stereocenters. The average molecular weight is 578 g/mol. The minimum Gasteiger partial charge on any atom is -0.466 e. The quantitative estimate of drug-likeness (QED) is 0.211. The van der Waals surface area contributed by atoms with E-state index in [9.17, 15) is 4.79 Å². The molecule has 1 aromatic rings. The first-order valence-electron chi connectivity index (χ1n) is 11.9. The number of nitrogens with one attached hydrogen (secondary N) is 2. The summed E-state index contributed by atoms with van der Waals surface area (Å²) in [5.74, 6) is 1.60. The summed E-state index contributed by atoms with van der Waals surface area (Å²) in [4.78, 5) is 24.0. The summed E-state index contributed by atoms with van der Waals surface area (Å²) in [6.45, 7) is 11.5. The number of rotatable bonds is 8. The maximum Gasteiger partial charge on any atom is 0.308 e. The number of carbonyl (C=O) groups is 1. The van der Waals surface area contributed by atoms with Crippen molar-refractivity contribution in [3.05, 3.63) is 16.1 Å². The molecule has 182 valence electrons. The molecule has 0 unspecified atom stereocenters. The van der Waals surface area contributed by atoms with Gasteiger partial charge in [-0.3, -0.25) is 14.7 Å². The predicted molar refractivity (Wildman–Crippen MR) is 142 cm³/mol. The molecular weight excluding hydrogens is 537 g/mol. The molecule has 2 heterocycles. The number of thiazole rings is 1. The monoisotopic (exact) mass is 577 g/mol. The number of likely N-dealkylation sites (tertiary alicyclic amines) is 1. The van der Waals surface area contributed by atoms with Crippen LogP contribution < -0.4 is 10.6 Å². The van der Waals surface area contributed by atoms with Crippen LogP contribution in [0.1, 0.15) is 63.1 Å². The van der Waals surface area contributed by atoms with E-state index >= 15 is 0 Å². The number of hydrogen-bond donors (Lipinski definition) is 2. The molecule has 1 aromatic heterocycles. The van der Waals surface area contributed by atoms with E-state index in [1.165, 1.54) is 18.5 Å². The molecule has 1 aliphatic carbocycles. The lowest BCUT2D eigenvalue weighted by Crippen LogP contribution is -2.45. The number of esters is 1. The van der Waals surface area contributed by atoms with E-state index in [0.717, 1.165) is 69.4 Å². The number of aliphatic imine (C=N–C) groups is 1. The number of guanidine groups is 1. The Morgan fingerprint density at radius 1 is 1.22 bits per heavy atom. The van der Waals surface area contributed by atoms with Crippen molar-refractivity contribution in [2.75, 3.05) is 32.8 Å². The summed E-state index contributed by atoms with van der Waals surface area (Å²) < 4.78 is 5.18. The zero-order valence-electron chi connectivity index (χ0n) is 19.8. The largest absolute Gasteiger partial charge is 0.466 e. The summed E-state index contributed by atoms with van der Waals surface area (Å²) in [6, 6.07) is 0.381. The van der Waals surface area contributed by atoms with Crippen LogP contribution in [0.4, 0.5) is 0 Å². The van der Waals surface area contributed by atoms with Gasteiger partial charge in [-0.25, -0.2) is 4.98 Å². The fraction of sp³-hybridized carbons (Fsp3) is 0.783. The molecule has 2 aliphatic rings. The highest BCUT2D eigenvalue weighted by Crippen LogP contribution is 2.25. The third-order valence-electron chi connectivity index (χ3n) is 6.30. The second-order valence-electron chi connectivity index (χ2n) is 8.74. The van der Waals surface area contributed by atoms with Gasteiger partial charge in [0.1, 0.15) is 0 Å². The molecule has 9 heteroatoms. The smallest absolute Gasteiger partial charge is 0.308 e. The lowest BCUT2D eigenvalue weighted by atomic mass is 9.86. The Balaban J connectivity index is 0.00000363. The number of nitrogens with zero attached hydrogens (tertiary/aromatic N) is 3. The van der Waals surface area contributed by atoms with E-state index in [0.29, 0.717) is 18.6 Å². The number of aromatic nitrogens is 1. The maximum atomic E-state index is 11.9. The van der Waals surface area contributed by atoms with Crippen molar-refractivity contribution in [1.82, 2.24) is 20.5 Å². The molecule has 2 fully saturated rings. The first-order valence-corrected chi connectivity index (χ1v) is 12.8. The minimum absolute atomic E-state index is 0. The lowest BCUT2D eigenvalue weighted by Gasteiger charge is -2.31. The fourth-order valence-corrected chi connectivity index (χ4v) is 5.11. The van der Waals surface area contributed by atoms with Crippen LogP contribution in [0.15, 0.2) is 10.4 Å². The van der Waals surface area contributed by atoms with Crippen molar-refractivity contribution in [3.8, 4) is 0 Å². The minimum atomic E-state index is -0.0298. The molecule has 0 amide bonds. The van der Waals surface area contributed by atoms with Crippen molar-refractivity contribution in [2.45, 2.75) is 71.9 Å². The zero-order chi connectivity index (χ0) is 22.1. The van der Waals surface area contributed by atoms with Crippen LogP contribution in [0, 0.1) is 18.8 Å². The van der Waals surface area contributed by atoms with E-state index in [1.807, 2.05) is 6.92 Å². The normalized spacial score (nSPS) is 22.8. The SMILES string of the molecule is CCNC(=NCC1CCN(Cc2csc(C)n2)CC1)NC1CCC(C(=O)OCC)CC1.I. The van der Waals surface area contributed by atoms with Gasteiger partial charge in [0, 0.05) is 31.1 Å². The van der Waals surface area contributed by atoms with Gasteiger partial charge in [0.2, 0.25) is 0 Å². The van der Waals surface area contributed by atoms with Gasteiger partial charge in [-0.2, -0.15) is 0 Å². The lowest BCUT2D eigenvalue weighted by molar-refractivity contribution is -0.149. The van der Waals surface area contributed by atoms with Crippen molar-refractivity contribution >= 4 is 47.2 Å². The van der Waals surface area contributed by atoms with E-state index in [-0.39, 0.29) is 35.9 Å². The van der Waals surface area contributed by atoms with E-state index in [2.05, 4.69) is 39.7 Å². The van der Waals surface area contributed by atoms with Gasteiger partial charge >= 0.3 is 5.97 Å². The molecule has 1 saturated heterocycles. The summed E-state index contributed by atoms with van der Waals surface area (Å²) >= 11 is 1.73. The molecule has 0 bridgehead atoms. The average Bonchev–Trinajstić information content (AvgIpc) is 3.18. The Hall–Kier alpha value is -0.940. The van der Waals surface area contributed by atoms with E-state index in [4.69, 9.17) is 9.73 Å². The summed E-state index contributed by atoms with van der Waals surface area (Å²) in [7, 11) is 0. The van der Waals surface area contributed by atoms with Gasteiger partial charge in [0.05, 0.1) is 23.2 Å². The number of piperidine rings is 1. The van der Waals surface area contributed by atoms with Crippen molar-refractivity contribution < 1.29 is 9.53 Å². The highest BCUT2D eigenvalue weighted by Gasteiger charge is 2.27. The van der Waals surface area contributed by atoms with Crippen molar-refractivity contribution in [2.24, 2.45) is 16.8 Å². The van der Waals surface area contributed by atoms with Crippen molar-refractivity contribution in [1.29, 1.82) is 0 Å². The molecule has 32 heavy (non-hydrogen) atoms.